The molecule has 7 nitrogen and oxygen atoms in total. The van der Waals surface area contributed by atoms with Gasteiger partial charge in [0.1, 0.15) is 17.7 Å². The van der Waals surface area contributed by atoms with Crippen LogP contribution >= 0.6 is 0 Å². The molecular formula is C21H37N3O4. The molecule has 1 saturated carbocycles. The Morgan fingerprint density at radius 1 is 1.14 bits per heavy atom. The number of carbonyl (C=O) groups is 3. The van der Waals surface area contributed by atoms with Gasteiger partial charge in [0.15, 0.2) is 0 Å². The van der Waals surface area contributed by atoms with Crippen LogP contribution in [-0.4, -0.2) is 52.6 Å². The molecule has 2 bridgehead atoms. The first-order valence-electron chi connectivity index (χ1n) is 10.7. The van der Waals surface area contributed by atoms with E-state index in [1.807, 2.05) is 20.8 Å². The third kappa shape index (κ3) is 5.61. The lowest BCUT2D eigenvalue weighted by Gasteiger charge is -2.37. The van der Waals surface area contributed by atoms with Crippen LogP contribution in [0.25, 0.3) is 0 Å². The Morgan fingerprint density at radius 3 is 2.39 bits per heavy atom. The van der Waals surface area contributed by atoms with Crippen LogP contribution in [0, 0.1) is 5.92 Å². The molecule has 1 aliphatic heterocycles. The highest BCUT2D eigenvalue weighted by molar-refractivity contribution is 5.92. The molecule has 0 radical (unpaired) electrons. The van der Waals surface area contributed by atoms with E-state index < -0.39 is 23.8 Å². The predicted octanol–water partition coefficient (Wildman–Crippen LogP) is 2.97. The Balaban J connectivity index is 2.16. The molecule has 2 N–H and O–H groups in total. The van der Waals surface area contributed by atoms with E-state index in [4.69, 9.17) is 4.74 Å². The molecule has 7 heteroatoms. The maximum absolute atomic E-state index is 13.4. The normalized spacial score (nSPS) is 25.0. The van der Waals surface area contributed by atoms with Crippen molar-refractivity contribution in [3.05, 3.63) is 0 Å². The Kier molecular flexibility index (Phi) is 7.34. The van der Waals surface area contributed by atoms with Crippen LogP contribution in [0.5, 0.6) is 0 Å². The second-order valence-electron chi connectivity index (χ2n) is 9.42. The maximum Gasteiger partial charge on any atom is 0.408 e. The molecule has 4 atom stereocenters. The maximum atomic E-state index is 13.4. The van der Waals surface area contributed by atoms with Crippen LogP contribution in [0.1, 0.15) is 80.1 Å². The van der Waals surface area contributed by atoms with Crippen LogP contribution < -0.4 is 10.6 Å². The second-order valence-corrected chi connectivity index (χ2v) is 9.42. The van der Waals surface area contributed by atoms with E-state index in [9.17, 15) is 14.4 Å². The highest BCUT2D eigenvalue weighted by Crippen LogP contribution is 2.43. The number of hydrogen-bond acceptors (Lipinski definition) is 4. The minimum Gasteiger partial charge on any atom is -0.444 e. The fraction of sp³-hybridized carbons (Fsp3) is 0.857. The summed E-state index contributed by atoms with van der Waals surface area (Å²) in [6, 6.07) is -0.981. The zero-order valence-corrected chi connectivity index (χ0v) is 18.2. The average molecular weight is 396 g/mol. The van der Waals surface area contributed by atoms with Gasteiger partial charge in [-0.05, 0) is 66.2 Å². The zero-order valence-electron chi connectivity index (χ0n) is 18.2. The summed E-state index contributed by atoms with van der Waals surface area (Å²) in [5.41, 5.74) is -0.630. The van der Waals surface area contributed by atoms with Crippen LogP contribution in [0.2, 0.25) is 0 Å². The highest BCUT2D eigenvalue weighted by atomic mass is 16.6. The van der Waals surface area contributed by atoms with Gasteiger partial charge in [-0.15, -0.1) is 0 Å². The number of alkyl carbamates (subject to hydrolysis) is 1. The van der Waals surface area contributed by atoms with E-state index in [0.29, 0.717) is 6.42 Å². The summed E-state index contributed by atoms with van der Waals surface area (Å²) in [5.74, 6) is -0.0291. The molecule has 2 rings (SSSR count). The van der Waals surface area contributed by atoms with Crippen LogP contribution in [0.3, 0.4) is 0 Å². The van der Waals surface area contributed by atoms with Crippen molar-refractivity contribution in [1.82, 2.24) is 15.5 Å². The summed E-state index contributed by atoms with van der Waals surface area (Å²) in [5, 5.41) is 5.72. The van der Waals surface area contributed by atoms with Crippen molar-refractivity contribution < 1.29 is 19.1 Å². The molecular weight excluding hydrogens is 358 g/mol. The van der Waals surface area contributed by atoms with Crippen molar-refractivity contribution in [1.29, 1.82) is 0 Å². The fourth-order valence-electron chi connectivity index (χ4n) is 4.31. The Hall–Kier alpha value is -1.79. The lowest BCUT2D eigenvalue weighted by molar-refractivity contribution is -0.144. The van der Waals surface area contributed by atoms with Gasteiger partial charge in [0, 0.05) is 12.1 Å². The van der Waals surface area contributed by atoms with Crippen molar-refractivity contribution >= 4 is 17.9 Å². The summed E-state index contributed by atoms with van der Waals surface area (Å²) < 4.78 is 5.35. The fourth-order valence-corrected chi connectivity index (χ4v) is 4.31. The Labute approximate surface area is 168 Å². The van der Waals surface area contributed by atoms with Crippen LogP contribution in [-0.2, 0) is 14.3 Å². The molecule has 1 heterocycles. The van der Waals surface area contributed by atoms with E-state index in [2.05, 4.69) is 10.6 Å². The summed E-state index contributed by atoms with van der Waals surface area (Å²) in [4.78, 5) is 40.3. The molecule has 1 aliphatic carbocycles. The molecule has 3 amide bonds. The number of unbranched alkanes of at least 4 members (excludes halogenated alkanes) is 1. The van der Waals surface area contributed by atoms with Crippen molar-refractivity contribution in [3.63, 3.8) is 0 Å². The molecule has 0 spiro atoms. The van der Waals surface area contributed by atoms with E-state index in [1.165, 1.54) is 0 Å². The Morgan fingerprint density at radius 2 is 1.82 bits per heavy atom. The topological polar surface area (TPSA) is 87.7 Å². The van der Waals surface area contributed by atoms with E-state index in [0.717, 1.165) is 32.1 Å². The minimum absolute atomic E-state index is 0.0272. The van der Waals surface area contributed by atoms with Gasteiger partial charge in [-0.1, -0.05) is 19.8 Å². The van der Waals surface area contributed by atoms with Gasteiger partial charge in [-0.25, -0.2) is 4.79 Å². The first kappa shape index (κ1) is 22.5. The highest BCUT2D eigenvalue weighted by Gasteiger charge is 2.52. The molecule has 28 heavy (non-hydrogen) atoms. The van der Waals surface area contributed by atoms with Gasteiger partial charge in [0.05, 0.1) is 0 Å². The smallest absolute Gasteiger partial charge is 0.408 e. The molecule has 3 unspecified atom stereocenters. The SMILES string of the molecule is CCCC[C@H](NC(=O)OC(C)(C)C)C(=O)N1C2CCC(C2)C1C(=O)NC(C)C. The zero-order chi connectivity index (χ0) is 21.1. The second kappa shape index (κ2) is 9.14. The largest absolute Gasteiger partial charge is 0.444 e. The molecule has 160 valence electrons. The third-order valence-electron chi connectivity index (χ3n) is 5.37. The number of piperidine rings is 1. The van der Waals surface area contributed by atoms with Gasteiger partial charge < -0.3 is 20.3 Å². The number of amides is 3. The van der Waals surface area contributed by atoms with Crippen LogP contribution in [0.4, 0.5) is 4.79 Å². The van der Waals surface area contributed by atoms with Gasteiger partial charge in [-0.3, -0.25) is 9.59 Å². The van der Waals surface area contributed by atoms with Gasteiger partial charge >= 0.3 is 6.09 Å². The first-order chi connectivity index (χ1) is 13.0. The number of rotatable bonds is 7. The molecule has 0 aromatic heterocycles. The standard InChI is InChI=1S/C21H37N3O4/c1-7-8-9-16(23-20(27)28-21(4,5)6)19(26)24-15-11-10-14(12-15)17(24)18(25)22-13(2)3/h13-17H,7-12H2,1-6H3,(H,22,25)(H,23,27)/t14?,15?,16-,17?/m0/s1. The molecule has 2 aliphatic rings. The number of ether oxygens (including phenoxy) is 1. The van der Waals surface area contributed by atoms with E-state index >= 15 is 0 Å². The molecule has 0 aromatic rings. The van der Waals surface area contributed by atoms with Crippen molar-refractivity contribution in [2.45, 2.75) is 110 Å². The van der Waals surface area contributed by atoms with Gasteiger partial charge in [-0.2, -0.15) is 0 Å². The summed E-state index contributed by atoms with van der Waals surface area (Å²) in [6.07, 6.45) is 4.46. The van der Waals surface area contributed by atoms with Gasteiger partial charge in [0.25, 0.3) is 0 Å². The van der Waals surface area contributed by atoms with E-state index in [-0.39, 0.29) is 29.8 Å². The van der Waals surface area contributed by atoms with Crippen LogP contribution in [0.15, 0.2) is 0 Å². The summed E-state index contributed by atoms with van der Waals surface area (Å²) in [7, 11) is 0. The van der Waals surface area contributed by atoms with E-state index in [1.54, 1.807) is 25.7 Å². The lowest BCUT2D eigenvalue weighted by Crippen LogP contribution is -2.58. The van der Waals surface area contributed by atoms with Gasteiger partial charge in [0.2, 0.25) is 11.8 Å². The number of carbonyl (C=O) groups excluding carboxylic acids is 3. The summed E-state index contributed by atoms with van der Waals surface area (Å²) >= 11 is 0. The third-order valence-corrected chi connectivity index (χ3v) is 5.37. The number of nitrogens with zero attached hydrogens (tertiary/aromatic N) is 1. The predicted molar refractivity (Wildman–Crippen MR) is 108 cm³/mol. The number of fused-ring (bicyclic) bond motifs is 2. The number of hydrogen-bond donors (Lipinski definition) is 2. The van der Waals surface area contributed by atoms with Crippen molar-refractivity contribution in [3.8, 4) is 0 Å². The summed E-state index contributed by atoms with van der Waals surface area (Å²) in [6.45, 7) is 11.3. The molecule has 2 fully saturated rings. The average Bonchev–Trinajstić information content (AvgIpc) is 3.16. The molecule has 0 aromatic carbocycles. The number of likely N-dealkylation sites (tertiary alicyclic amines) is 1. The number of nitrogens with one attached hydrogen (secondary N) is 2. The van der Waals surface area contributed by atoms with Crippen molar-refractivity contribution in [2.75, 3.05) is 0 Å². The minimum atomic E-state index is -0.663. The quantitative estimate of drug-likeness (QED) is 0.694. The monoisotopic (exact) mass is 395 g/mol. The van der Waals surface area contributed by atoms with Crippen molar-refractivity contribution in [2.24, 2.45) is 5.92 Å². The lowest BCUT2D eigenvalue weighted by atomic mass is 9.96. The Bertz CT molecular complexity index is 585. The molecule has 1 saturated heterocycles. The first-order valence-corrected chi connectivity index (χ1v) is 10.7.